The first-order chi connectivity index (χ1) is 11.3. The SMILES string of the molecule is O=Cc1ccc(CCCC(O)c2ccc3ccccc3c2)cc1. The highest BCUT2D eigenvalue weighted by atomic mass is 16.3. The molecule has 0 aromatic heterocycles. The summed E-state index contributed by atoms with van der Waals surface area (Å²) >= 11 is 0. The Kier molecular flexibility index (Phi) is 4.84. The molecule has 0 fully saturated rings. The quantitative estimate of drug-likeness (QED) is 0.670. The molecule has 23 heavy (non-hydrogen) atoms. The molecule has 116 valence electrons. The second-order valence-corrected chi connectivity index (χ2v) is 5.87. The van der Waals surface area contributed by atoms with Crippen molar-refractivity contribution in [3.8, 4) is 0 Å². The maximum absolute atomic E-state index is 10.6. The van der Waals surface area contributed by atoms with E-state index in [0.29, 0.717) is 5.56 Å². The zero-order chi connectivity index (χ0) is 16.1. The Morgan fingerprint density at radius 2 is 1.65 bits per heavy atom. The van der Waals surface area contributed by atoms with Gasteiger partial charge >= 0.3 is 0 Å². The van der Waals surface area contributed by atoms with E-state index in [-0.39, 0.29) is 0 Å². The fraction of sp³-hybridized carbons (Fsp3) is 0.190. The Bertz CT molecular complexity index is 790. The van der Waals surface area contributed by atoms with Crippen LogP contribution in [0.25, 0.3) is 10.8 Å². The molecular formula is C21H20O2. The van der Waals surface area contributed by atoms with Crippen molar-refractivity contribution in [3.05, 3.63) is 83.4 Å². The average molecular weight is 304 g/mol. The smallest absolute Gasteiger partial charge is 0.150 e. The highest BCUT2D eigenvalue weighted by Gasteiger charge is 2.08. The van der Waals surface area contributed by atoms with Crippen LogP contribution in [0.4, 0.5) is 0 Å². The van der Waals surface area contributed by atoms with Crippen LogP contribution in [0.1, 0.15) is 40.4 Å². The van der Waals surface area contributed by atoms with Crippen LogP contribution in [0.15, 0.2) is 66.7 Å². The number of carbonyl (C=O) groups is 1. The molecule has 0 aliphatic heterocycles. The first-order valence-electron chi connectivity index (χ1n) is 7.97. The number of hydrogen-bond donors (Lipinski definition) is 1. The monoisotopic (exact) mass is 304 g/mol. The van der Waals surface area contributed by atoms with E-state index in [1.165, 1.54) is 10.9 Å². The van der Waals surface area contributed by atoms with Crippen molar-refractivity contribution in [1.29, 1.82) is 0 Å². The fourth-order valence-corrected chi connectivity index (χ4v) is 2.84. The van der Waals surface area contributed by atoms with E-state index in [2.05, 4.69) is 24.3 Å². The predicted molar refractivity (Wildman–Crippen MR) is 93.7 cm³/mol. The van der Waals surface area contributed by atoms with Crippen LogP contribution in [0.3, 0.4) is 0 Å². The van der Waals surface area contributed by atoms with Crippen LogP contribution in [-0.2, 0) is 6.42 Å². The molecule has 0 aliphatic carbocycles. The lowest BCUT2D eigenvalue weighted by molar-refractivity contribution is 0.112. The molecule has 0 amide bonds. The summed E-state index contributed by atoms with van der Waals surface area (Å²) in [6, 6.07) is 21.9. The standard InChI is InChI=1S/C21H20O2/c22-15-17-10-8-16(9-11-17)4-3-7-21(23)20-13-12-18-5-1-2-6-19(18)14-20/h1-2,5-6,8-15,21,23H,3-4,7H2. The van der Waals surface area contributed by atoms with Crippen molar-refractivity contribution in [2.75, 3.05) is 0 Å². The molecule has 3 rings (SSSR count). The minimum absolute atomic E-state index is 0.436. The predicted octanol–water partition coefficient (Wildman–Crippen LogP) is 4.71. The molecule has 0 radical (unpaired) electrons. The molecule has 0 bridgehead atoms. The summed E-state index contributed by atoms with van der Waals surface area (Å²) in [5.74, 6) is 0. The van der Waals surface area contributed by atoms with Crippen molar-refractivity contribution in [1.82, 2.24) is 0 Å². The molecule has 1 unspecified atom stereocenters. The maximum atomic E-state index is 10.6. The molecule has 0 spiro atoms. The highest BCUT2D eigenvalue weighted by molar-refractivity contribution is 5.83. The Balaban J connectivity index is 1.59. The summed E-state index contributed by atoms with van der Waals surface area (Å²) in [5, 5.41) is 12.7. The van der Waals surface area contributed by atoms with Gasteiger partial charge in [-0.05, 0) is 47.2 Å². The van der Waals surface area contributed by atoms with Crippen LogP contribution in [-0.4, -0.2) is 11.4 Å². The number of aliphatic hydroxyl groups is 1. The van der Waals surface area contributed by atoms with Gasteiger partial charge in [0.1, 0.15) is 6.29 Å². The largest absolute Gasteiger partial charge is 0.388 e. The van der Waals surface area contributed by atoms with Gasteiger partial charge in [0.2, 0.25) is 0 Å². The van der Waals surface area contributed by atoms with Crippen molar-refractivity contribution in [2.45, 2.75) is 25.4 Å². The van der Waals surface area contributed by atoms with Crippen LogP contribution < -0.4 is 0 Å². The number of fused-ring (bicyclic) bond motifs is 1. The molecule has 1 N–H and O–H groups in total. The molecule has 3 aromatic carbocycles. The van der Waals surface area contributed by atoms with E-state index in [1.54, 1.807) is 0 Å². The van der Waals surface area contributed by atoms with Crippen molar-refractivity contribution < 1.29 is 9.90 Å². The second-order valence-electron chi connectivity index (χ2n) is 5.87. The Morgan fingerprint density at radius 1 is 0.913 bits per heavy atom. The summed E-state index contributed by atoms with van der Waals surface area (Å²) in [5.41, 5.74) is 2.87. The highest BCUT2D eigenvalue weighted by Crippen LogP contribution is 2.24. The molecular weight excluding hydrogens is 284 g/mol. The lowest BCUT2D eigenvalue weighted by Gasteiger charge is -2.12. The molecule has 0 saturated heterocycles. The van der Waals surface area contributed by atoms with Gasteiger partial charge in [0.05, 0.1) is 6.10 Å². The molecule has 0 heterocycles. The summed E-state index contributed by atoms with van der Waals surface area (Å²) in [4.78, 5) is 10.6. The van der Waals surface area contributed by atoms with Gasteiger partial charge in [-0.2, -0.15) is 0 Å². The number of hydrogen-bond acceptors (Lipinski definition) is 2. The average Bonchev–Trinajstić information content (AvgIpc) is 2.61. The number of benzene rings is 3. The fourth-order valence-electron chi connectivity index (χ4n) is 2.84. The maximum Gasteiger partial charge on any atom is 0.150 e. The van der Waals surface area contributed by atoms with E-state index in [9.17, 15) is 9.90 Å². The third-order valence-electron chi connectivity index (χ3n) is 4.22. The van der Waals surface area contributed by atoms with Crippen LogP contribution >= 0.6 is 0 Å². The van der Waals surface area contributed by atoms with E-state index in [1.807, 2.05) is 42.5 Å². The summed E-state index contributed by atoms with van der Waals surface area (Å²) in [6.45, 7) is 0. The minimum atomic E-state index is -0.436. The lowest BCUT2D eigenvalue weighted by atomic mass is 9.98. The van der Waals surface area contributed by atoms with Gasteiger partial charge in [-0.1, -0.05) is 60.7 Å². The van der Waals surface area contributed by atoms with Crippen LogP contribution in [0.5, 0.6) is 0 Å². The molecule has 1 atom stereocenters. The van der Waals surface area contributed by atoms with E-state index < -0.39 is 6.10 Å². The summed E-state index contributed by atoms with van der Waals surface area (Å²) < 4.78 is 0. The normalized spacial score (nSPS) is 12.2. The van der Waals surface area contributed by atoms with Crippen molar-refractivity contribution in [2.24, 2.45) is 0 Å². The first kappa shape index (κ1) is 15.4. The lowest BCUT2D eigenvalue weighted by Crippen LogP contribution is -1.98. The third kappa shape index (κ3) is 3.85. The molecule has 2 nitrogen and oxygen atoms in total. The molecule has 2 heteroatoms. The van der Waals surface area contributed by atoms with E-state index in [0.717, 1.165) is 36.5 Å². The van der Waals surface area contributed by atoms with Gasteiger partial charge in [0.15, 0.2) is 0 Å². The number of carbonyl (C=O) groups excluding carboxylic acids is 1. The van der Waals surface area contributed by atoms with Crippen LogP contribution in [0.2, 0.25) is 0 Å². The molecule has 3 aromatic rings. The zero-order valence-corrected chi connectivity index (χ0v) is 13.0. The third-order valence-corrected chi connectivity index (χ3v) is 4.22. The van der Waals surface area contributed by atoms with Gasteiger partial charge in [-0.15, -0.1) is 0 Å². The van der Waals surface area contributed by atoms with Crippen LogP contribution in [0, 0.1) is 0 Å². The Labute approximate surface area is 136 Å². The summed E-state index contributed by atoms with van der Waals surface area (Å²) in [7, 11) is 0. The van der Waals surface area contributed by atoms with Gasteiger partial charge in [0, 0.05) is 5.56 Å². The molecule has 0 aliphatic rings. The van der Waals surface area contributed by atoms with Crippen molar-refractivity contribution >= 4 is 17.1 Å². The Morgan fingerprint density at radius 3 is 2.39 bits per heavy atom. The van der Waals surface area contributed by atoms with Gasteiger partial charge in [0.25, 0.3) is 0 Å². The van der Waals surface area contributed by atoms with Gasteiger partial charge in [-0.25, -0.2) is 0 Å². The number of aliphatic hydroxyl groups excluding tert-OH is 1. The van der Waals surface area contributed by atoms with Crippen molar-refractivity contribution in [3.63, 3.8) is 0 Å². The summed E-state index contributed by atoms with van der Waals surface area (Å²) in [6.07, 6.45) is 2.97. The minimum Gasteiger partial charge on any atom is -0.388 e. The first-order valence-corrected chi connectivity index (χ1v) is 7.97. The van der Waals surface area contributed by atoms with Gasteiger partial charge in [-0.3, -0.25) is 4.79 Å². The Hall–Kier alpha value is -2.45. The second kappa shape index (κ2) is 7.21. The molecule has 0 saturated carbocycles. The van der Waals surface area contributed by atoms with E-state index >= 15 is 0 Å². The topological polar surface area (TPSA) is 37.3 Å². The number of rotatable bonds is 6. The zero-order valence-electron chi connectivity index (χ0n) is 13.0. The number of aryl methyl sites for hydroxylation is 1. The number of aldehydes is 1. The van der Waals surface area contributed by atoms with Gasteiger partial charge < -0.3 is 5.11 Å². The van der Waals surface area contributed by atoms with E-state index in [4.69, 9.17) is 0 Å².